The second-order valence-corrected chi connectivity index (χ2v) is 3.11. The van der Waals surface area contributed by atoms with E-state index in [1.54, 1.807) is 0 Å². The Labute approximate surface area is 84.6 Å². The predicted molar refractivity (Wildman–Crippen MR) is 46.0 cm³/mol. The SMILES string of the molecule is NCCCc1noc(CCC(F)(F)F)n1. The molecule has 1 rings (SSSR count). The largest absolute Gasteiger partial charge is 0.389 e. The lowest BCUT2D eigenvalue weighted by Gasteiger charge is -2.01. The molecule has 0 unspecified atom stereocenters. The summed E-state index contributed by atoms with van der Waals surface area (Å²) in [6.07, 6.45) is -4.17. The molecule has 7 heteroatoms. The molecule has 1 heterocycles. The Hall–Kier alpha value is -1.11. The van der Waals surface area contributed by atoms with Crippen LogP contribution in [0.5, 0.6) is 0 Å². The van der Waals surface area contributed by atoms with E-state index in [0.717, 1.165) is 0 Å². The van der Waals surface area contributed by atoms with Crippen molar-refractivity contribution in [2.24, 2.45) is 5.73 Å². The minimum absolute atomic E-state index is 0.0272. The Morgan fingerprint density at radius 3 is 2.60 bits per heavy atom. The molecule has 0 bridgehead atoms. The number of hydrogen-bond donors (Lipinski definition) is 1. The van der Waals surface area contributed by atoms with Gasteiger partial charge < -0.3 is 10.3 Å². The third-order valence-corrected chi connectivity index (χ3v) is 1.74. The molecule has 0 radical (unpaired) electrons. The zero-order valence-corrected chi connectivity index (χ0v) is 8.05. The fraction of sp³-hybridized carbons (Fsp3) is 0.750. The summed E-state index contributed by atoms with van der Waals surface area (Å²) in [5, 5.41) is 3.55. The van der Waals surface area contributed by atoms with E-state index in [1.165, 1.54) is 0 Å². The molecular formula is C8H12F3N3O. The predicted octanol–water partition coefficient (Wildman–Crippen LogP) is 1.46. The molecule has 0 aliphatic carbocycles. The standard InChI is InChI=1S/C8H12F3N3O/c9-8(10,11)4-3-7-13-6(14-15-7)2-1-5-12/h1-5,12H2. The molecule has 0 saturated carbocycles. The number of alkyl halides is 3. The van der Waals surface area contributed by atoms with Crippen molar-refractivity contribution in [3.8, 4) is 0 Å². The third-order valence-electron chi connectivity index (χ3n) is 1.74. The quantitative estimate of drug-likeness (QED) is 0.820. The summed E-state index contributed by atoms with van der Waals surface area (Å²) in [7, 11) is 0. The second-order valence-electron chi connectivity index (χ2n) is 3.11. The first-order chi connectivity index (χ1) is 7.01. The van der Waals surface area contributed by atoms with Crippen molar-refractivity contribution in [3.63, 3.8) is 0 Å². The normalized spacial score (nSPS) is 12.0. The molecule has 0 saturated heterocycles. The molecule has 0 fully saturated rings. The first-order valence-corrected chi connectivity index (χ1v) is 4.59. The minimum atomic E-state index is -4.19. The average molecular weight is 223 g/mol. The molecule has 1 aromatic rings. The van der Waals surface area contributed by atoms with Crippen molar-refractivity contribution in [2.75, 3.05) is 6.54 Å². The Kier molecular flexibility index (Phi) is 4.07. The van der Waals surface area contributed by atoms with Crippen molar-refractivity contribution in [3.05, 3.63) is 11.7 Å². The van der Waals surface area contributed by atoms with Gasteiger partial charge in [-0.15, -0.1) is 0 Å². The smallest absolute Gasteiger partial charge is 0.339 e. The lowest BCUT2D eigenvalue weighted by Crippen LogP contribution is -2.08. The molecule has 0 amide bonds. The van der Waals surface area contributed by atoms with Crippen LogP contribution >= 0.6 is 0 Å². The van der Waals surface area contributed by atoms with E-state index in [9.17, 15) is 13.2 Å². The molecule has 0 atom stereocenters. The number of aromatic nitrogens is 2. The summed E-state index contributed by atoms with van der Waals surface area (Å²) in [6, 6.07) is 0. The number of nitrogens with two attached hydrogens (primary N) is 1. The van der Waals surface area contributed by atoms with Gasteiger partial charge in [-0.25, -0.2) is 0 Å². The molecule has 2 N–H and O–H groups in total. The van der Waals surface area contributed by atoms with Crippen LogP contribution in [0.2, 0.25) is 0 Å². The van der Waals surface area contributed by atoms with Gasteiger partial charge in [0.15, 0.2) is 5.82 Å². The number of rotatable bonds is 5. The number of halogens is 3. The van der Waals surface area contributed by atoms with Crippen LogP contribution in [0.15, 0.2) is 4.52 Å². The Morgan fingerprint density at radius 2 is 2.00 bits per heavy atom. The minimum Gasteiger partial charge on any atom is -0.339 e. The summed E-state index contributed by atoms with van der Waals surface area (Å²) in [5.74, 6) is 0.442. The highest BCUT2D eigenvalue weighted by Crippen LogP contribution is 2.21. The molecule has 86 valence electrons. The van der Waals surface area contributed by atoms with Crippen LogP contribution in [0.25, 0.3) is 0 Å². The highest BCUT2D eigenvalue weighted by molar-refractivity contribution is 4.87. The zero-order valence-electron chi connectivity index (χ0n) is 8.05. The van der Waals surface area contributed by atoms with Crippen molar-refractivity contribution in [1.82, 2.24) is 10.1 Å². The zero-order chi connectivity index (χ0) is 11.3. The van der Waals surface area contributed by atoms with E-state index in [2.05, 4.69) is 14.7 Å². The molecule has 0 aliphatic heterocycles. The Bertz CT molecular complexity index is 298. The highest BCUT2D eigenvalue weighted by Gasteiger charge is 2.27. The van der Waals surface area contributed by atoms with Gasteiger partial charge in [-0.2, -0.15) is 18.2 Å². The first kappa shape index (κ1) is 12.0. The fourth-order valence-electron chi connectivity index (χ4n) is 1.00. The van der Waals surface area contributed by atoms with Crippen LogP contribution < -0.4 is 5.73 Å². The lowest BCUT2D eigenvalue weighted by atomic mass is 10.3. The van der Waals surface area contributed by atoms with Crippen LogP contribution in [0.3, 0.4) is 0 Å². The van der Waals surface area contributed by atoms with Crippen molar-refractivity contribution in [1.29, 1.82) is 0 Å². The highest BCUT2D eigenvalue weighted by atomic mass is 19.4. The van der Waals surface area contributed by atoms with Crippen molar-refractivity contribution in [2.45, 2.75) is 31.9 Å². The molecule has 0 aromatic carbocycles. The van der Waals surface area contributed by atoms with Gasteiger partial charge in [0.1, 0.15) is 0 Å². The maximum atomic E-state index is 11.8. The lowest BCUT2D eigenvalue weighted by molar-refractivity contribution is -0.134. The van der Waals surface area contributed by atoms with Gasteiger partial charge in [0.2, 0.25) is 5.89 Å². The molecule has 1 aromatic heterocycles. The molecular weight excluding hydrogens is 211 g/mol. The van der Waals surface area contributed by atoms with Crippen LogP contribution in [0.4, 0.5) is 13.2 Å². The van der Waals surface area contributed by atoms with E-state index in [0.29, 0.717) is 25.2 Å². The number of nitrogens with zero attached hydrogens (tertiary/aromatic N) is 2. The molecule has 0 spiro atoms. The van der Waals surface area contributed by atoms with Crippen molar-refractivity contribution < 1.29 is 17.7 Å². The fourth-order valence-corrected chi connectivity index (χ4v) is 1.00. The maximum absolute atomic E-state index is 11.8. The van der Waals surface area contributed by atoms with Gasteiger partial charge in [-0.05, 0) is 13.0 Å². The van der Waals surface area contributed by atoms with Gasteiger partial charge in [0.25, 0.3) is 0 Å². The van der Waals surface area contributed by atoms with Gasteiger partial charge in [0, 0.05) is 12.8 Å². The van der Waals surface area contributed by atoms with Crippen LogP contribution in [0, 0.1) is 0 Å². The molecule has 4 nitrogen and oxygen atoms in total. The van der Waals surface area contributed by atoms with Crippen molar-refractivity contribution >= 4 is 0 Å². The number of aryl methyl sites for hydroxylation is 2. The van der Waals surface area contributed by atoms with Gasteiger partial charge >= 0.3 is 6.18 Å². The summed E-state index contributed by atoms with van der Waals surface area (Å²) < 4.78 is 40.2. The van der Waals surface area contributed by atoms with E-state index >= 15 is 0 Å². The van der Waals surface area contributed by atoms with Crippen LogP contribution in [-0.4, -0.2) is 22.9 Å². The summed E-state index contributed by atoms with van der Waals surface area (Å²) >= 11 is 0. The van der Waals surface area contributed by atoms with E-state index in [4.69, 9.17) is 5.73 Å². The van der Waals surface area contributed by atoms with Crippen LogP contribution in [-0.2, 0) is 12.8 Å². The van der Waals surface area contributed by atoms with Gasteiger partial charge in [-0.1, -0.05) is 5.16 Å². The average Bonchev–Trinajstić information content (AvgIpc) is 2.58. The summed E-state index contributed by atoms with van der Waals surface area (Å²) in [5.41, 5.74) is 5.26. The third kappa shape index (κ3) is 4.78. The van der Waals surface area contributed by atoms with E-state index in [1.807, 2.05) is 0 Å². The molecule has 0 aliphatic rings. The Morgan fingerprint density at radius 1 is 1.27 bits per heavy atom. The summed E-state index contributed by atoms with van der Waals surface area (Å²) in [4.78, 5) is 3.82. The number of hydrogen-bond acceptors (Lipinski definition) is 4. The van der Waals surface area contributed by atoms with Crippen LogP contribution in [0.1, 0.15) is 24.6 Å². The van der Waals surface area contributed by atoms with E-state index in [-0.39, 0.29) is 12.3 Å². The second kappa shape index (κ2) is 5.11. The van der Waals surface area contributed by atoms with Gasteiger partial charge in [-0.3, -0.25) is 0 Å². The molecule has 15 heavy (non-hydrogen) atoms. The van der Waals surface area contributed by atoms with E-state index < -0.39 is 12.6 Å². The first-order valence-electron chi connectivity index (χ1n) is 4.59. The van der Waals surface area contributed by atoms with Gasteiger partial charge in [0.05, 0.1) is 6.42 Å². The maximum Gasteiger partial charge on any atom is 0.389 e. The monoisotopic (exact) mass is 223 g/mol. The summed E-state index contributed by atoms with van der Waals surface area (Å²) in [6.45, 7) is 0.492. The Balaban J connectivity index is 2.39. The topological polar surface area (TPSA) is 64.9 Å².